The fourth-order valence-electron chi connectivity index (χ4n) is 1.30. The Labute approximate surface area is 70.5 Å². The molecule has 0 aliphatic carbocycles. The lowest BCUT2D eigenvalue weighted by Crippen LogP contribution is -1.78. The van der Waals surface area contributed by atoms with E-state index in [1.54, 1.807) is 11.3 Å². The summed E-state index contributed by atoms with van der Waals surface area (Å²) in [5.41, 5.74) is 1.43. The molecule has 0 unspecified atom stereocenters. The Morgan fingerprint density at radius 3 is 3.18 bits per heavy atom. The molecule has 0 fully saturated rings. The van der Waals surface area contributed by atoms with Crippen LogP contribution in [-0.2, 0) is 6.42 Å². The van der Waals surface area contributed by atoms with Crippen LogP contribution in [0.5, 0.6) is 0 Å². The van der Waals surface area contributed by atoms with Crippen LogP contribution < -0.4 is 0 Å². The second-order valence-corrected chi connectivity index (χ2v) is 3.25. The first-order chi connectivity index (χ1) is 5.42. The molecule has 1 aromatic heterocycles. The molecular formula is C10H9S. The summed E-state index contributed by atoms with van der Waals surface area (Å²) < 4.78 is 0. The molecule has 0 bridgehead atoms. The van der Waals surface area contributed by atoms with E-state index < -0.39 is 0 Å². The molecule has 0 atom stereocenters. The van der Waals surface area contributed by atoms with E-state index in [-0.39, 0.29) is 0 Å². The zero-order valence-corrected chi connectivity index (χ0v) is 7.24. The van der Waals surface area contributed by atoms with Gasteiger partial charge in [-0.2, -0.15) is 0 Å². The second-order valence-electron chi connectivity index (χ2n) is 2.57. The summed E-state index contributed by atoms with van der Waals surface area (Å²) in [6.07, 6.45) is 1.11. The highest BCUT2D eigenvalue weighted by Crippen LogP contribution is 2.22. The largest absolute Gasteiger partial charge is 0.142 e. The Hall–Kier alpha value is -0.820. The van der Waals surface area contributed by atoms with Crippen LogP contribution >= 0.6 is 11.3 Å². The summed E-state index contributed by atoms with van der Waals surface area (Å²) in [6, 6.07) is 6.40. The van der Waals surface area contributed by atoms with Gasteiger partial charge in [0.05, 0.1) is 5.38 Å². The third-order valence-corrected chi connectivity index (χ3v) is 2.61. The Balaban J connectivity index is 2.79. The van der Waals surface area contributed by atoms with Crippen LogP contribution in [0.3, 0.4) is 0 Å². The van der Waals surface area contributed by atoms with Gasteiger partial charge in [0.25, 0.3) is 0 Å². The molecule has 1 heteroatoms. The van der Waals surface area contributed by atoms with Gasteiger partial charge in [-0.25, -0.2) is 0 Å². The maximum absolute atomic E-state index is 3.24. The number of benzene rings is 1. The Kier molecular flexibility index (Phi) is 1.66. The minimum absolute atomic E-state index is 1.11. The topological polar surface area (TPSA) is 0 Å². The zero-order valence-electron chi connectivity index (χ0n) is 6.42. The van der Waals surface area contributed by atoms with Crippen molar-refractivity contribution in [1.82, 2.24) is 0 Å². The highest BCUT2D eigenvalue weighted by Gasteiger charge is 1.97. The molecule has 0 saturated carbocycles. The van der Waals surface area contributed by atoms with Crippen LogP contribution in [0, 0.1) is 5.38 Å². The van der Waals surface area contributed by atoms with Crippen LogP contribution in [0.25, 0.3) is 10.8 Å². The average Bonchev–Trinajstić information content (AvgIpc) is 2.50. The standard InChI is InChI=1S/C10H9S/c1-2-8-4-3-5-9-6-11-7-10(8)9/h3-5,7H,2H2,1H3. The smallest absolute Gasteiger partial charge is 0.0527 e. The average molecular weight is 161 g/mol. The highest BCUT2D eigenvalue weighted by atomic mass is 32.1. The fourth-order valence-corrected chi connectivity index (χ4v) is 2.06. The van der Waals surface area contributed by atoms with Gasteiger partial charge in [-0.05, 0) is 22.8 Å². The van der Waals surface area contributed by atoms with Gasteiger partial charge in [0.15, 0.2) is 0 Å². The summed E-state index contributed by atoms with van der Waals surface area (Å²) in [5, 5.41) is 8.04. The third-order valence-electron chi connectivity index (χ3n) is 1.92. The quantitative estimate of drug-likeness (QED) is 0.602. The number of hydrogen-bond acceptors (Lipinski definition) is 1. The normalized spacial score (nSPS) is 10.6. The molecule has 0 N–H and O–H groups in total. The molecule has 0 saturated heterocycles. The maximum atomic E-state index is 3.24. The first-order valence-electron chi connectivity index (χ1n) is 3.78. The molecule has 0 spiro atoms. The van der Waals surface area contributed by atoms with Crippen molar-refractivity contribution in [1.29, 1.82) is 0 Å². The first kappa shape index (κ1) is 6.86. The molecule has 1 radical (unpaired) electrons. The van der Waals surface area contributed by atoms with E-state index in [4.69, 9.17) is 0 Å². The van der Waals surface area contributed by atoms with Crippen molar-refractivity contribution in [3.63, 3.8) is 0 Å². The maximum Gasteiger partial charge on any atom is 0.0527 e. The number of rotatable bonds is 1. The predicted molar refractivity (Wildman–Crippen MR) is 50.0 cm³/mol. The highest BCUT2D eigenvalue weighted by molar-refractivity contribution is 7.08. The van der Waals surface area contributed by atoms with Crippen molar-refractivity contribution in [2.75, 3.05) is 0 Å². The number of hydrogen-bond donors (Lipinski definition) is 0. The molecule has 1 aromatic carbocycles. The first-order valence-corrected chi connectivity index (χ1v) is 4.66. The van der Waals surface area contributed by atoms with E-state index in [0.717, 1.165) is 6.42 Å². The summed E-state index contributed by atoms with van der Waals surface area (Å²) in [6.45, 7) is 2.19. The molecule has 55 valence electrons. The summed E-state index contributed by atoms with van der Waals surface area (Å²) in [5.74, 6) is 0. The van der Waals surface area contributed by atoms with E-state index >= 15 is 0 Å². The molecule has 1 heterocycles. The SMILES string of the molecule is CCc1cccc2[c]scc12. The van der Waals surface area contributed by atoms with Crippen molar-refractivity contribution in [2.24, 2.45) is 0 Å². The Morgan fingerprint density at radius 1 is 1.45 bits per heavy atom. The number of fused-ring (bicyclic) bond motifs is 1. The van der Waals surface area contributed by atoms with Crippen LogP contribution in [0.15, 0.2) is 23.6 Å². The molecule has 0 aliphatic rings. The van der Waals surface area contributed by atoms with Crippen LogP contribution in [0.2, 0.25) is 0 Å². The van der Waals surface area contributed by atoms with Gasteiger partial charge in [-0.1, -0.05) is 25.1 Å². The van der Waals surface area contributed by atoms with E-state index in [9.17, 15) is 0 Å². The van der Waals surface area contributed by atoms with Gasteiger partial charge >= 0.3 is 0 Å². The Bertz CT molecular complexity index is 360. The van der Waals surface area contributed by atoms with Crippen molar-refractivity contribution >= 4 is 22.1 Å². The lowest BCUT2D eigenvalue weighted by Gasteiger charge is -1.96. The van der Waals surface area contributed by atoms with E-state index in [2.05, 4.69) is 35.9 Å². The van der Waals surface area contributed by atoms with Gasteiger partial charge in [-0.15, -0.1) is 11.3 Å². The van der Waals surface area contributed by atoms with Crippen LogP contribution in [0.4, 0.5) is 0 Å². The minimum atomic E-state index is 1.11. The minimum Gasteiger partial charge on any atom is -0.142 e. The molecule has 0 aliphatic heterocycles. The summed E-state index contributed by atoms with van der Waals surface area (Å²) >= 11 is 1.66. The molecule has 0 nitrogen and oxygen atoms in total. The van der Waals surface area contributed by atoms with E-state index in [1.807, 2.05) is 0 Å². The number of thiophene rings is 1. The van der Waals surface area contributed by atoms with E-state index in [0.29, 0.717) is 0 Å². The van der Waals surface area contributed by atoms with E-state index in [1.165, 1.54) is 16.3 Å². The summed E-state index contributed by atoms with van der Waals surface area (Å²) in [4.78, 5) is 0. The predicted octanol–water partition coefficient (Wildman–Crippen LogP) is 3.26. The molecule has 2 rings (SSSR count). The van der Waals surface area contributed by atoms with Crippen LogP contribution in [-0.4, -0.2) is 0 Å². The second kappa shape index (κ2) is 2.67. The lowest BCUT2D eigenvalue weighted by atomic mass is 10.1. The lowest BCUT2D eigenvalue weighted by molar-refractivity contribution is 1.16. The fraction of sp³-hybridized carbons (Fsp3) is 0.200. The van der Waals surface area contributed by atoms with Crippen LogP contribution in [0.1, 0.15) is 12.5 Å². The molecule has 2 aromatic rings. The van der Waals surface area contributed by atoms with Crippen molar-refractivity contribution < 1.29 is 0 Å². The summed E-state index contributed by atoms with van der Waals surface area (Å²) in [7, 11) is 0. The van der Waals surface area contributed by atoms with Crippen molar-refractivity contribution in [2.45, 2.75) is 13.3 Å². The van der Waals surface area contributed by atoms with Crippen molar-refractivity contribution in [3.8, 4) is 0 Å². The van der Waals surface area contributed by atoms with Gasteiger partial charge in [0.2, 0.25) is 0 Å². The van der Waals surface area contributed by atoms with Gasteiger partial charge in [0, 0.05) is 5.39 Å². The zero-order chi connectivity index (χ0) is 7.68. The van der Waals surface area contributed by atoms with Crippen molar-refractivity contribution in [3.05, 3.63) is 34.5 Å². The monoisotopic (exact) mass is 161 g/mol. The Morgan fingerprint density at radius 2 is 2.36 bits per heavy atom. The number of aryl methyl sites for hydroxylation is 1. The third kappa shape index (κ3) is 1.05. The van der Waals surface area contributed by atoms with Gasteiger partial charge in [0.1, 0.15) is 0 Å². The van der Waals surface area contributed by atoms with Gasteiger partial charge < -0.3 is 0 Å². The molecule has 0 amide bonds. The molecule has 11 heavy (non-hydrogen) atoms. The molecular weight excluding hydrogens is 152 g/mol. The van der Waals surface area contributed by atoms with Gasteiger partial charge in [-0.3, -0.25) is 0 Å².